The van der Waals surface area contributed by atoms with Gasteiger partial charge in [-0.1, -0.05) is 46.3 Å². The largest absolute Gasteiger partial charge is 0.481 e. The second-order valence-corrected chi connectivity index (χ2v) is 8.81. The average Bonchev–Trinajstić information content (AvgIpc) is 2.68. The number of hydrazine groups is 1. The van der Waals surface area contributed by atoms with Gasteiger partial charge >= 0.3 is 0 Å². The van der Waals surface area contributed by atoms with Gasteiger partial charge in [0.15, 0.2) is 6.10 Å². The zero-order chi connectivity index (χ0) is 20.3. The predicted molar refractivity (Wildman–Crippen MR) is 111 cm³/mol. The van der Waals surface area contributed by atoms with Gasteiger partial charge in [-0.15, -0.1) is 4.83 Å². The van der Waals surface area contributed by atoms with Crippen LogP contribution in [0.25, 0.3) is 10.8 Å². The van der Waals surface area contributed by atoms with Gasteiger partial charge in [0.1, 0.15) is 5.75 Å². The smallest absolute Gasteiger partial charge is 0.275 e. The third kappa shape index (κ3) is 4.70. The van der Waals surface area contributed by atoms with Gasteiger partial charge in [-0.05, 0) is 60.5 Å². The Kier molecular flexibility index (Phi) is 6.02. The summed E-state index contributed by atoms with van der Waals surface area (Å²) >= 11 is 3.32. The zero-order valence-corrected chi connectivity index (χ0v) is 17.7. The fraction of sp³-hybridized carbons (Fsp3) is 0.150. The first-order valence-corrected chi connectivity index (χ1v) is 10.8. The minimum absolute atomic E-state index is 0.0524. The predicted octanol–water partition coefficient (Wildman–Crippen LogP) is 3.69. The summed E-state index contributed by atoms with van der Waals surface area (Å²) in [4.78, 5) is 14.4. The van der Waals surface area contributed by atoms with E-state index in [0.29, 0.717) is 5.75 Å². The number of aryl methyl sites for hydroxylation is 1. The van der Waals surface area contributed by atoms with Crippen molar-refractivity contribution in [3.05, 3.63) is 70.7 Å². The molecule has 2 N–H and O–H groups in total. The van der Waals surface area contributed by atoms with E-state index in [4.69, 9.17) is 4.74 Å². The molecule has 0 fully saturated rings. The molecule has 0 aliphatic heterocycles. The van der Waals surface area contributed by atoms with Crippen LogP contribution in [0.5, 0.6) is 5.75 Å². The molecule has 0 aromatic heterocycles. The lowest BCUT2D eigenvalue weighted by atomic mass is 10.1. The van der Waals surface area contributed by atoms with Crippen LogP contribution in [0.3, 0.4) is 0 Å². The second kappa shape index (κ2) is 8.30. The summed E-state index contributed by atoms with van der Waals surface area (Å²) in [5.74, 6) is -0.0849. The maximum absolute atomic E-state index is 12.3. The number of sulfonamides is 1. The summed E-state index contributed by atoms with van der Waals surface area (Å²) in [6, 6.07) is 17.9. The van der Waals surface area contributed by atoms with Gasteiger partial charge in [0.25, 0.3) is 15.9 Å². The Bertz CT molecular complexity index is 1130. The molecule has 8 heteroatoms. The number of ether oxygens (including phenoxy) is 1. The van der Waals surface area contributed by atoms with Crippen molar-refractivity contribution in [2.75, 3.05) is 0 Å². The Morgan fingerprint density at radius 1 is 1.04 bits per heavy atom. The molecule has 146 valence electrons. The van der Waals surface area contributed by atoms with E-state index in [1.165, 1.54) is 12.1 Å². The van der Waals surface area contributed by atoms with Crippen LogP contribution in [0, 0.1) is 6.92 Å². The standard InChI is InChI=1S/C20H19BrN2O4S/c1-13-11-18(9-10-19(13)21)28(25,26)23-22-20(24)14(2)27-17-8-7-15-5-3-4-6-16(15)12-17/h3-12,14,23H,1-2H3,(H,22,24)/t14-/m0/s1. The first-order chi connectivity index (χ1) is 13.3. The van der Waals surface area contributed by atoms with Crippen molar-refractivity contribution in [1.82, 2.24) is 10.3 Å². The number of halogens is 1. The summed E-state index contributed by atoms with van der Waals surface area (Å²) in [5, 5.41) is 2.04. The number of amides is 1. The first-order valence-electron chi connectivity index (χ1n) is 8.49. The van der Waals surface area contributed by atoms with Crippen molar-refractivity contribution >= 4 is 42.6 Å². The molecule has 1 amide bonds. The summed E-state index contributed by atoms with van der Waals surface area (Å²) in [5.41, 5.74) is 2.96. The van der Waals surface area contributed by atoms with Crippen molar-refractivity contribution in [1.29, 1.82) is 0 Å². The van der Waals surface area contributed by atoms with Crippen LogP contribution in [0.15, 0.2) is 70.0 Å². The maximum atomic E-state index is 12.3. The third-order valence-corrected chi connectivity index (χ3v) is 6.29. The molecule has 0 saturated heterocycles. The molecule has 1 atom stereocenters. The van der Waals surface area contributed by atoms with Gasteiger partial charge < -0.3 is 4.74 Å². The monoisotopic (exact) mass is 462 g/mol. The van der Waals surface area contributed by atoms with Gasteiger partial charge in [-0.3, -0.25) is 10.2 Å². The lowest BCUT2D eigenvalue weighted by molar-refractivity contribution is -0.127. The number of nitrogens with one attached hydrogen (secondary N) is 2. The van der Waals surface area contributed by atoms with Gasteiger partial charge in [0.05, 0.1) is 4.90 Å². The third-order valence-electron chi connectivity index (χ3n) is 4.15. The summed E-state index contributed by atoms with van der Waals surface area (Å²) < 4.78 is 31.1. The van der Waals surface area contributed by atoms with Gasteiger partial charge in [0, 0.05) is 4.47 Å². The van der Waals surface area contributed by atoms with E-state index in [-0.39, 0.29) is 4.90 Å². The van der Waals surface area contributed by atoms with Crippen LogP contribution in [0.2, 0.25) is 0 Å². The van der Waals surface area contributed by atoms with Crippen LogP contribution >= 0.6 is 15.9 Å². The molecule has 0 unspecified atom stereocenters. The molecule has 3 aromatic rings. The highest BCUT2D eigenvalue weighted by Gasteiger charge is 2.20. The number of rotatable bonds is 6. The molecule has 28 heavy (non-hydrogen) atoms. The topological polar surface area (TPSA) is 84.5 Å². The zero-order valence-electron chi connectivity index (χ0n) is 15.3. The minimum atomic E-state index is -3.89. The SMILES string of the molecule is Cc1cc(S(=O)(=O)NNC(=O)[C@H](C)Oc2ccc3ccccc3c2)ccc1Br. The molecule has 6 nitrogen and oxygen atoms in total. The van der Waals surface area contributed by atoms with Crippen molar-refractivity contribution < 1.29 is 17.9 Å². The molecule has 0 spiro atoms. The number of benzene rings is 3. The van der Waals surface area contributed by atoms with Crippen LogP contribution in [0.1, 0.15) is 12.5 Å². The molecular formula is C20H19BrN2O4S. The lowest BCUT2D eigenvalue weighted by Gasteiger charge is -2.16. The summed E-state index contributed by atoms with van der Waals surface area (Å²) in [6.07, 6.45) is -0.893. The highest BCUT2D eigenvalue weighted by molar-refractivity contribution is 9.10. The quantitative estimate of drug-likeness (QED) is 0.547. The molecule has 3 aromatic carbocycles. The lowest BCUT2D eigenvalue weighted by Crippen LogP contribution is -2.47. The summed E-state index contributed by atoms with van der Waals surface area (Å²) in [7, 11) is -3.89. The van der Waals surface area contributed by atoms with Crippen LogP contribution in [-0.2, 0) is 14.8 Å². The number of hydrogen-bond acceptors (Lipinski definition) is 4. The molecule has 0 aliphatic rings. The van der Waals surface area contributed by atoms with Crippen molar-refractivity contribution in [2.45, 2.75) is 24.8 Å². The number of hydrogen-bond donors (Lipinski definition) is 2. The van der Waals surface area contributed by atoms with Gasteiger partial charge in [0.2, 0.25) is 0 Å². The van der Waals surface area contributed by atoms with Crippen molar-refractivity contribution in [2.24, 2.45) is 0 Å². The molecule has 3 rings (SSSR count). The Labute approximate surface area is 172 Å². The maximum Gasteiger partial charge on any atom is 0.275 e. The van der Waals surface area contributed by atoms with Gasteiger partial charge in [-0.25, -0.2) is 8.42 Å². The van der Waals surface area contributed by atoms with E-state index >= 15 is 0 Å². The Balaban J connectivity index is 1.63. The molecule has 0 aliphatic carbocycles. The van der Waals surface area contributed by atoms with E-state index < -0.39 is 22.0 Å². The molecular weight excluding hydrogens is 444 g/mol. The molecule has 0 radical (unpaired) electrons. The van der Waals surface area contributed by atoms with Crippen LogP contribution in [0.4, 0.5) is 0 Å². The normalized spacial score (nSPS) is 12.5. The highest BCUT2D eigenvalue weighted by atomic mass is 79.9. The molecule has 0 bridgehead atoms. The minimum Gasteiger partial charge on any atom is -0.481 e. The molecule has 0 heterocycles. The van der Waals surface area contributed by atoms with Crippen molar-refractivity contribution in [3.8, 4) is 5.75 Å². The Morgan fingerprint density at radius 3 is 2.46 bits per heavy atom. The van der Waals surface area contributed by atoms with Gasteiger partial charge in [-0.2, -0.15) is 0 Å². The second-order valence-electron chi connectivity index (χ2n) is 6.27. The van der Waals surface area contributed by atoms with E-state index in [0.717, 1.165) is 20.8 Å². The Morgan fingerprint density at radius 2 is 1.75 bits per heavy atom. The number of carbonyl (C=O) groups is 1. The van der Waals surface area contributed by atoms with Crippen LogP contribution in [-0.4, -0.2) is 20.4 Å². The first kappa shape index (κ1) is 20.3. The molecule has 0 saturated carbocycles. The average molecular weight is 463 g/mol. The fourth-order valence-electron chi connectivity index (χ4n) is 2.56. The fourth-order valence-corrected chi connectivity index (χ4v) is 3.74. The Hall–Kier alpha value is -2.42. The number of carbonyl (C=O) groups excluding carboxylic acids is 1. The number of fused-ring (bicyclic) bond motifs is 1. The van der Waals surface area contributed by atoms with E-state index in [1.54, 1.807) is 26.0 Å². The summed E-state index contributed by atoms with van der Waals surface area (Å²) in [6.45, 7) is 3.32. The van der Waals surface area contributed by atoms with Crippen molar-refractivity contribution in [3.63, 3.8) is 0 Å². The van der Waals surface area contributed by atoms with Crippen LogP contribution < -0.4 is 15.0 Å². The van der Waals surface area contributed by atoms with E-state index in [1.807, 2.05) is 36.4 Å². The van der Waals surface area contributed by atoms with E-state index in [2.05, 4.69) is 26.2 Å². The highest BCUT2D eigenvalue weighted by Crippen LogP contribution is 2.22. The van der Waals surface area contributed by atoms with E-state index in [9.17, 15) is 13.2 Å².